The van der Waals surface area contributed by atoms with Crippen molar-refractivity contribution in [2.24, 2.45) is 27.2 Å². The van der Waals surface area contributed by atoms with Gasteiger partial charge in [0.2, 0.25) is 5.96 Å². The number of nitrogens with one attached hydrogen (secondary N) is 1. The van der Waals surface area contributed by atoms with Crippen LogP contribution in [-0.4, -0.2) is 30.1 Å². The SMILES string of the molecule is NC(N)=NC(N)=Nc1ccc(CCNCC(O)c2ccccc2)cc1. The number of hydrogen-bond acceptors (Lipinski definition) is 3. The Morgan fingerprint density at radius 2 is 1.68 bits per heavy atom. The molecule has 0 radical (unpaired) electrons. The van der Waals surface area contributed by atoms with E-state index < -0.39 is 6.10 Å². The summed E-state index contributed by atoms with van der Waals surface area (Å²) in [4.78, 5) is 7.76. The van der Waals surface area contributed by atoms with Crippen molar-refractivity contribution in [1.82, 2.24) is 5.32 Å². The second-order valence-corrected chi connectivity index (χ2v) is 5.55. The zero-order chi connectivity index (χ0) is 18.1. The molecule has 2 aromatic rings. The van der Waals surface area contributed by atoms with Crippen LogP contribution in [0.1, 0.15) is 17.2 Å². The maximum atomic E-state index is 10.1. The summed E-state index contributed by atoms with van der Waals surface area (Å²) in [6.07, 6.45) is 0.339. The second-order valence-electron chi connectivity index (χ2n) is 5.55. The van der Waals surface area contributed by atoms with Crippen LogP contribution < -0.4 is 22.5 Å². The molecule has 0 fully saturated rings. The van der Waals surface area contributed by atoms with Crippen molar-refractivity contribution in [2.75, 3.05) is 13.1 Å². The van der Waals surface area contributed by atoms with Crippen LogP contribution in [0.3, 0.4) is 0 Å². The van der Waals surface area contributed by atoms with E-state index in [1.807, 2.05) is 54.6 Å². The van der Waals surface area contributed by atoms with E-state index in [0.717, 1.165) is 24.1 Å². The van der Waals surface area contributed by atoms with Gasteiger partial charge in [-0.15, -0.1) is 0 Å². The monoisotopic (exact) mass is 340 g/mol. The van der Waals surface area contributed by atoms with Crippen molar-refractivity contribution in [3.63, 3.8) is 0 Å². The van der Waals surface area contributed by atoms with Crippen LogP contribution in [0.25, 0.3) is 0 Å². The fourth-order valence-electron chi connectivity index (χ4n) is 2.29. The van der Waals surface area contributed by atoms with Gasteiger partial charge in [0.25, 0.3) is 0 Å². The molecule has 0 heterocycles. The second kappa shape index (κ2) is 9.41. The highest BCUT2D eigenvalue weighted by atomic mass is 16.3. The molecule has 0 aliphatic heterocycles. The maximum absolute atomic E-state index is 10.1. The van der Waals surface area contributed by atoms with E-state index in [4.69, 9.17) is 17.2 Å². The van der Waals surface area contributed by atoms with Crippen LogP contribution >= 0.6 is 0 Å². The van der Waals surface area contributed by atoms with E-state index in [9.17, 15) is 5.11 Å². The highest BCUT2D eigenvalue weighted by Gasteiger charge is 2.05. The summed E-state index contributed by atoms with van der Waals surface area (Å²) in [7, 11) is 0. The first-order valence-electron chi connectivity index (χ1n) is 8.01. The topological polar surface area (TPSA) is 135 Å². The molecule has 0 aromatic heterocycles. The third-order valence-electron chi connectivity index (χ3n) is 3.54. The number of nitrogens with zero attached hydrogens (tertiary/aromatic N) is 2. The van der Waals surface area contributed by atoms with Crippen molar-refractivity contribution in [1.29, 1.82) is 0 Å². The molecule has 0 amide bonds. The van der Waals surface area contributed by atoms with E-state index >= 15 is 0 Å². The maximum Gasteiger partial charge on any atom is 0.223 e. The van der Waals surface area contributed by atoms with Gasteiger partial charge in [-0.3, -0.25) is 0 Å². The van der Waals surface area contributed by atoms with Gasteiger partial charge < -0.3 is 27.6 Å². The molecule has 0 aliphatic carbocycles. The largest absolute Gasteiger partial charge is 0.387 e. The quantitative estimate of drug-likeness (QED) is 0.288. The molecule has 1 unspecified atom stereocenters. The fourth-order valence-corrected chi connectivity index (χ4v) is 2.29. The van der Waals surface area contributed by atoms with Gasteiger partial charge in [0.1, 0.15) is 0 Å². The van der Waals surface area contributed by atoms with Crippen LogP contribution in [-0.2, 0) is 6.42 Å². The van der Waals surface area contributed by atoms with Crippen LogP contribution in [0.2, 0.25) is 0 Å². The fraction of sp³-hybridized carbons (Fsp3) is 0.222. The van der Waals surface area contributed by atoms with E-state index in [0.29, 0.717) is 12.2 Å². The lowest BCUT2D eigenvalue weighted by Gasteiger charge is -2.12. The molecule has 0 bridgehead atoms. The Bertz CT molecular complexity index is 708. The Balaban J connectivity index is 1.77. The lowest BCUT2D eigenvalue weighted by Crippen LogP contribution is -2.26. The molecule has 0 saturated carbocycles. The average Bonchev–Trinajstić information content (AvgIpc) is 2.60. The Hall–Kier alpha value is -2.90. The third kappa shape index (κ3) is 6.62. The molecule has 25 heavy (non-hydrogen) atoms. The van der Waals surface area contributed by atoms with Crippen LogP contribution in [0, 0.1) is 0 Å². The van der Waals surface area contributed by atoms with Gasteiger partial charge in [-0.25, -0.2) is 4.99 Å². The minimum absolute atomic E-state index is 0.0179. The molecule has 7 heteroatoms. The molecule has 0 spiro atoms. The number of benzene rings is 2. The zero-order valence-corrected chi connectivity index (χ0v) is 14.0. The number of guanidine groups is 2. The Labute approximate surface area is 147 Å². The summed E-state index contributed by atoms with van der Waals surface area (Å²) in [6, 6.07) is 17.2. The number of rotatable bonds is 7. The van der Waals surface area contributed by atoms with Crippen LogP contribution in [0.15, 0.2) is 64.6 Å². The van der Waals surface area contributed by atoms with Crippen molar-refractivity contribution >= 4 is 17.6 Å². The molecule has 7 nitrogen and oxygen atoms in total. The molecule has 2 aromatic carbocycles. The van der Waals surface area contributed by atoms with Gasteiger partial charge in [-0.1, -0.05) is 42.5 Å². The van der Waals surface area contributed by atoms with Crippen molar-refractivity contribution in [3.05, 3.63) is 65.7 Å². The molecule has 2 rings (SSSR count). The predicted octanol–water partition coefficient (Wildman–Crippen LogP) is 0.772. The summed E-state index contributed by atoms with van der Waals surface area (Å²) < 4.78 is 0. The lowest BCUT2D eigenvalue weighted by atomic mass is 10.1. The third-order valence-corrected chi connectivity index (χ3v) is 3.54. The van der Waals surface area contributed by atoms with Gasteiger partial charge in [0.05, 0.1) is 11.8 Å². The Morgan fingerprint density at radius 3 is 2.32 bits per heavy atom. The minimum atomic E-state index is -0.503. The first-order chi connectivity index (χ1) is 12.0. The summed E-state index contributed by atoms with van der Waals surface area (Å²) in [6.45, 7) is 1.28. The highest BCUT2D eigenvalue weighted by molar-refractivity contribution is 5.93. The summed E-state index contributed by atoms with van der Waals surface area (Å²) >= 11 is 0. The van der Waals surface area contributed by atoms with Crippen molar-refractivity contribution in [3.8, 4) is 0 Å². The van der Waals surface area contributed by atoms with E-state index in [1.165, 1.54) is 0 Å². The molecule has 0 aliphatic rings. The first kappa shape index (κ1) is 18.4. The molecule has 132 valence electrons. The zero-order valence-electron chi connectivity index (χ0n) is 14.0. The molecule has 0 saturated heterocycles. The Kier molecular flexibility index (Phi) is 6.94. The number of aliphatic hydroxyl groups is 1. The minimum Gasteiger partial charge on any atom is -0.387 e. The van der Waals surface area contributed by atoms with Crippen LogP contribution in [0.5, 0.6) is 0 Å². The number of nitrogens with two attached hydrogens (primary N) is 3. The molecule has 1 atom stereocenters. The number of aliphatic imine (C=N–C) groups is 2. The lowest BCUT2D eigenvalue weighted by molar-refractivity contribution is 0.175. The van der Waals surface area contributed by atoms with Gasteiger partial charge in [0, 0.05) is 6.54 Å². The average molecular weight is 340 g/mol. The number of aliphatic hydroxyl groups excluding tert-OH is 1. The van der Waals surface area contributed by atoms with E-state index in [1.54, 1.807) is 0 Å². The van der Waals surface area contributed by atoms with Gasteiger partial charge >= 0.3 is 0 Å². The predicted molar refractivity (Wildman–Crippen MR) is 102 cm³/mol. The highest BCUT2D eigenvalue weighted by Crippen LogP contribution is 2.14. The van der Waals surface area contributed by atoms with E-state index in [-0.39, 0.29) is 11.9 Å². The normalized spacial score (nSPS) is 12.6. The summed E-state index contributed by atoms with van der Waals surface area (Å²) in [5.74, 6) is -0.106. The van der Waals surface area contributed by atoms with Gasteiger partial charge in [-0.05, 0) is 36.2 Å². The summed E-state index contributed by atoms with van der Waals surface area (Å²) in [5, 5.41) is 13.3. The van der Waals surface area contributed by atoms with Gasteiger partial charge in [0.15, 0.2) is 5.96 Å². The first-order valence-corrected chi connectivity index (χ1v) is 8.01. The number of hydrogen-bond donors (Lipinski definition) is 5. The van der Waals surface area contributed by atoms with Crippen molar-refractivity contribution in [2.45, 2.75) is 12.5 Å². The molecular weight excluding hydrogens is 316 g/mol. The van der Waals surface area contributed by atoms with Gasteiger partial charge in [-0.2, -0.15) is 4.99 Å². The molecule has 8 N–H and O–H groups in total. The summed E-state index contributed by atoms with van der Waals surface area (Å²) in [5.41, 5.74) is 18.8. The smallest absolute Gasteiger partial charge is 0.223 e. The molecular formula is C18H24N6O. The van der Waals surface area contributed by atoms with Crippen molar-refractivity contribution < 1.29 is 5.11 Å². The van der Waals surface area contributed by atoms with Crippen LogP contribution in [0.4, 0.5) is 5.69 Å². The van der Waals surface area contributed by atoms with E-state index in [2.05, 4.69) is 15.3 Å². The Morgan fingerprint density at radius 1 is 1.00 bits per heavy atom. The standard InChI is InChI=1S/C18H24N6O/c19-17(20)24-18(21)23-15-8-6-13(7-9-15)10-11-22-12-16(25)14-4-2-1-3-5-14/h1-9,16,22,25H,10-12H2,(H6,19,20,21,23,24).